The zero-order valence-electron chi connectivity index (χ0n) is 16.3. The van der Waals surface area contributed by atoms with E-state index in [1.54, 1.807) is 23.3 Å². The number of hydrogen-bond donors (Lipinski definition) is 1. The minimum absolute atomic E-state index is 0.0461. The minimum atomic E-state index is -3.52. The van der Waals surface area contributed by atoms with E-state index in [0.717, 1.165) is 25.2 Å². The molecule has 0 unspecified atom stereocenters. The molecule has 0 aliphatic carbocycles. The van der Waals surface area contributed by atoms with Gasteiger partial charge < -0.3 is 10.2 Å². The van der Waals surface area contributed by atoms with Crippen molar-refractivity contribution in [3.05, 3.63) is 59.3 Å². The molecule has 2 heterocycles. The van der Waals surface area contributed by atoms with Crippen molar-refractivity contribution in [2.45, 2.75) is 26.9 Å². The molecule has 1 amide bonds. The first-order valence-electron chi connectivity index (χ1n) is 9.48. The van der Waals surface area contributed by atoms with E-state index in [1.807, 2.05) is 12.1 Å². The third-order valence-electron chi connectivity index (χ3n) is 4.88. The van der Waals surface area contributed by atoms with Gasteiger partial charge in [0.15, 0.2) is 5.84 Å². The number of fused-ring (bicyclic) bond motifs is 1. The summed E-state index contributed by atoms with van der Waals surface area (Å²) in [5.41, 5.74) is 2.49. The van der Waals surface area contributed by atoms with Gasteiger partial charge in [-0.05, 0) is 36.4 Å². The fourth-order valence-electron chi connectivity index (χ4n) is 3.14. The van der Waals surface area contributed by atoms with Gasteiger partial charge in [-0.2, -0.15) is 0 Å². The van der Waals surface area contributed by atoms with E-state index in [0.29, 0.717) is 13.1 Å². The number of allylic oxidation sites excluding steroid dienone is 2. The van der Waals surface area contributed by atoms with Crippen molar-refractivity contribution in [1.29, 1.82) is 0 Å². The van der Waals surface area contributed by atoms with Crippen molar-refractivity contribution < 1.29 is 13.2 Å². The summed E-state index contributed by atoms with van der Waals surface area (Å²) in [6.45, 7) is 7.88. The Balaban J connectivity index is 1.63. The van der Waals surface area contributed by atoms with Crippen molar-refractivity contribution in [2.24, 2.45) is 4.40 Å². The number of benzene rings is 1. The summed E-state index contributed by atoms with van der Waals surface area (Å²) >= 11 is 0. The summed E-state index contributed by atoms with van der Waals surface area (Å²) < 4.78 is 27.4. The highest BCUT2D eigenvalue weighted by Gasteiger charge is 2.29. The molecule has 0 saturated heterocycles. The van der Waals surface area contributed by atoms with Crippen LogP contribution in [-0.2, 0) is 27.9 Å². The molecule has 2 aliphatic rings. The molecule has 0 aromatic heterocycles. The molecule has 1 N–H and O–H groups in total. The Morgan fingerprint density at radius 3 is 2.54 bits per heavy atom. The quantitative estimate of drug-likeness (QED) is 0.750. The first kappa shape index (κ1) is 20.3. The van der Waals surface area contributed by atoms with Crippen molar-refractivity contribution in [3.63, 3.8) is 0 Å². The molecule has 1 aromatic rings. The monoisotopic (exact) mass is 402 g/mol. The number of nitrogens with zero attached hydrogens (tertiary/aromatic N) is 3. The Kier molecular flexibility index (Phi) is 6.31. The second-order valence-electron chi connectivity index (χ2n) is 6.78. The highest BCUT2D eigenvalue weighted by Crippen LogP contribution is 2.18. The van der Waals surface area contributed by atoms with Crippen LogP contribution in [0.3, 0.4) is 0 Å². The van der Waals surface area contributed by atoms with E-state index < -0.39 is 10.0 Å². The first-order valence-corrected chi connectivity index (χ1v) is 11.1. The summed E-state index contributed by atoms with van der Waals surface area (Å²) in [5, 5.41) is 2.86. The number of hydrogen-bond acceptors (Lipinski definition) is 5. The normalized spacial score (nSPS) is 17.8. The Hall–Kier alpha value is -2.45. The predicted molar refractivity (Wildman–Crippen MR) is 110 cm³/mol. The van der Waals surface area contributed by atoms with Crippen molar-refractivity contribution >= 4 is 21.8 Å². The van der Waals surface area contributed by atoms with Gasteiger partial charge in [-0.25, -0.2) is 8.42 Å². The molecule has 7 nitrogen and oxygen atoms in total. The van der Waals surface area contributed by atoms with Crippen molar-refractivity contribution in [3.8, 4) is 0 Å². The summed E-state index contributed by atoms with van der Waals surface area (Å²) in [7, 11) is -3.52. The van der Waals surface area contributed by atoms with Crippen LogP contribution in [0.15, 0.2) is 52.6 Å². The smallest absolute Gasteiger partial charge is 0.256 e. The lowest BCUT2D eigenvalue weighted by Crippen LogP contribution is -2.42. The maximum Gasteiger partial charge on any atom is 0.256 e. The SMILES string of the molecule is CCN(CC)Cc1ccc(CNC(=O)C2=CC=CN3CCS(=O)(=O)N=C23)cc1. The molecule has 0 fully saturated rings. The Morgan fingerprint density at radius 1 is 1.18 bits per heavy atom. The molecule has 0 atom stereocenters. The summed E-state index contributed by atoms with van der Waals surface area (Å²) in [6, 6.07) is 8.15. The molecule has 0 saturated carbocycles. The Labute approximate surface area is 166 Å². The van der Waals surface area contributed by atoms with Gasteiger partial charge in [0.2, 0.25) is 0 Å². The van der Waals surface area contributed by atoms with E-state index in [9.17, 15) is 13.2 Å². The van der Waals surface area contributed by atoms with Crippen LogP contribution >= 0.6 is 0 Å². The molecule has 0 bridgehead atoms. The highest BCUT2D eigenvalue weighted by atomic mass is 32.2. The largest absolute Gasteiger partial charge is 0.348 e. The lowest BCUT2D eigenvalue weighted by molar-refractivity contribution is -0.117. The van der Waals surface area contributed by atoms with Gasteiger partial charge in [0, 0.05) is 25.8 Å². The van der Waals surface area contributed by atoms with E-state index in [-0.39, 0.29) is 23.1 Å². The van der Waals surface area contributed by atoms with Crippen molar-refractivity contribution in [1.82, 2.24) is 15.1 Å². The van der Waals surface area contributed by atoms with Gasteiger partial charge in [-0.15, -0.1) is 4.40 Å². The zero-order valence-corrected chi connectivity index (χ0v) is 17.1. The van der Waals surface area contributed by atoms with Crippen molar-refractivity contribution in [2.75, 3.05) is 25.4 Å². The van der Waals surface area contributed by atoms with Crippen LogP contribution in [0.4, 0.5) is 0 Å². The van der Waals surface area contributed by atoms with Crippen LogP contribution in [0.2, 0.25) is 0 Å². The number of sulfonamides is 1. The number of amidine groups is 1. The maximum absolute atomic E-state index is 12.6. The Morgan fingerprint density at radius 2 is 1.86 bits per heavy atom. The molecule has 2 aliphatic heterocycles. The molecule has 28 heavy (non-hydrogen) atoms. The second kappa shape index (κ2) is 8.70. The zero-order chi connectivity index (χ0) is 20.1. The van der Waals surface area contributed by atoms with Crippen LogP contribution in [0.25, 0.3) is 0 Å². The molecule has 0 radical (unpaired) electrons. The molecule has 150 valence electrons. The van der Waals surface area contributed by atoms with Crippen LogP contribution in [0, 0.1) is 0 Å². The number of nitrogens with one attached hydrogen (secondary N) is 1. The van der Waals surface area contributed by atoms with Crippen LogP contribution in [0.5, 0.6) is 0 Å². The fourth-order valence-corrected chi connectivity index (χ4v) is 4.12. The van der Waals surface area contributed by atoms with E-state index >= 15 is 0 Å². The number of amides is 1. The number of carbonyl (C=O) groups is 1. The average Bonchev–Trinajstić information content (AvgIpc) is 2.70. The highest BCUT2D eigenvalue weighted by molar-refractivity contribution is 7.90. The lowest BCUT2D eigenvalue weighted by atomic mass is 10.1. The van der Waals surface area contributed by atoms with E-state index in [2.05, 4.69) is 40.6 Å². The third kappa shape index (κ3) is 4.88. The van der Waals surface area contributed by atoms with Gasteiger partial charge >= 0.3 is 0 Å². The predicted octanol–water partition coefficient (Wildman–Crippen LogP) is 1.64. The first-order chi connectivity index (χ1) is 13.4. The summed E-state index contributed by atoms with van der Waals surface area (Å²) in [4.78, 5) is 16.6. The van der Waals surface area contributed by atoms with Gasteiger partial charge in [-0.1, -0.05) is 38.1 Å². The van der Waals surface area contributed by atoms with Gasteiger partial charge in [0.1, 0.15) is 0 Å². The van der Waals surface area contributed by atoms with E-state index in [1.165, 1.54) is 5.56 Å². The molecule has 8 heteroatoms. The van der Waals surface area contributed by atoms with Crippen LogP contribution in [0.1, 0.15) is 25.0 Å². The standard InChI is InChI=1S/C20H26N4O3S/c1-3-23(4-2)15-17-9-7-16(8-10-17)14-21-20(25)18-6-5-11-24-12-13-28(26,27)22-19(18)24/h5-11H,3-4,12-15H2,1-2H3,(H,21,25). The van der Waals surface area contributed by atoms with Gasteiger partial charge in [0.05, 0.1) is 11.3 Å². The summed E-state index contributed by atoms with van der Waals surface area (Å²) in [6.07, 6.45) is 5.06. The molecule has 3 rings (SSSR count). The number of rotatable bonds is 7. The fraction of sp³-hybridized carbons (Fsp3) is 0.400. The average molecular weight is 403 g/mol. The maximum atomic E-state index is 12.6. The van der Waals surface area contributed by atoms with Crippen LogP contribution < -0.4 is 5.32 Å². The van der Waals surface area contributed by atoms with Gasteiger partial charge in [-0.3, -0.25) is 9.69 Å². The number of carbonyl (C=O) groups excluding carboxylic acids is 1. The lowest BCUT2D eigenvalue weighted by Gasteiger charge is -2.28. The minimum Gasteiger partial charge on any atom is -0.348 e. The third-order valence-corrected chi connectivity index (χ3v) is 6.03. The molecule has 1 aromatic carbocycles. The molecular weight excluding hydrogens is 376 g/mol. The van der Waals surface area contributed by atoms with E-state index in [4.69, 9.17) is 0 Å². The summed E-state index contributed by atoms with van der Waals surface area (Å²) in [5.74, 6) is -0.187. The topological polar surface area (TPSA) is 82.1 Å². The van der Waals surface area contributed by atoms with Gasteiger partial charge in [0.25, 0.3) is 15.9 Å². The van der Waals surface area contributed by atoms with Crippen LogP contribution in [-0.4, -0.2) is 55.3 Å². The Bertz CT molecular complexity index is 913. The second-order valence-corrected chi connectivity index (χ2v) is 8.53. The molecular formula is C20H26N4O3S. The molecule has 0 spiro atoms.